The maximum atomic E-state index is 11.1. The van der Waals surface area contributed by atoms with Crippen LogP contribution in [-0.2, 0) is 14.6 Å². The lowest BCUT2D eigenvalue weighted by Gasteiger charge is -2.17. The van der Waals surface area contributed by atoms with E-state index < -0.39 is 9.84 Å². The second-order valence-electron chi connectivity index (χ2n) is 5.79. The maximum absolute atomic E-state index is 11.1. The Kier molecular flexibility index (Phi) is 10.4. The van der Waals surface area contributed by atoms with Crippen molar-refractivity contribution in [3.63, 3.8) is 0 Å². The fraction of sp³-hybridized carbons (Fsp3) is 0.929. The van der Waals surface area contributed by atoms with Crippen LogP contribution in [0, 0.1) is 5.92 Å². The third kappa shape index (κ3) is 13.9. The summed E-state index contributed by atoms with van der Waals surface area (Å²) in [5, 5.41) is 6.38. The van der Waals surface area contributed by atoms with E-state index in [1.54, 1.807) is 7.05 Å². The molecule has 0 saturated carbocycles. The van der Waals surface area contributed by atoms with E-state index in [9.17, 15) is 8.42 Å². The Hall–Kier alpha value is -0.820. The van der Waals surface area contributed by atoms with Crippen LogP contribution >= 0.6 is 0 Å². The Morgan fingerprint density at radius 3 is 2.48 bits per heavy atom. The van der Waals surface area contributed by atoms with Crippen LogP contribution < -0.4 is 10.6 Å². The molecule has 0 saturated heterocycles. The molecule has 1 unspecified atom stereocenters. The number of nitrogens with one attached hydrogen (secondary N) is 2. The molecule has 0 radical (unpaired) electrons. The first-order chi connectivity index (χ1) is 9.74. The summed E-state index contributed by atoms with van der Waals surface area (Å²) in [6.07, 6.45) is 2.73. The summed E-state index contributed by atoms with van der Waals surface area (Å²) in [4.78, 5) is 4.12. The molecule has 0 aliphatic rings. The molecule has 0 amide bonds. The normalized spacial score (nSPS) is 14.3. The van der Waals surface area contributed by atoms with Crippen LogP contribution in [0.25, 0.3) is 0 Å². The third-order valence-corrected chi connectivity index (χ3v) is 3.71. The molecule has 126 valence electrons. The van der Waals surface area contributed by atoms with Gasteiger partial charge >= 0.3 is 0 Å². The van der Waals surface area contributed by atoms with E-state index >= 15 is 0 Å². The van der Waals surface area contributed by atoms with E-state index in [0.29, 0.717) is 18.3 Å². The fourth-order valence-corrected chi connectivity index (χ4v) is 2.37. The molecule has 21 heavy (non-hydrogen) atoms. The average Bonchev–Trinajstić information content (AvgIpc) is 2.37. The van der Waals surface area contributed by atoms with Crippen molar-refractivity contribution in [1.82, 2.24) is 10.6 Å². The molecule has 0 aliphatic carbocycles. The molecular formula is C14H31N3O3S. The van der Waals surface area contributed by atoms with Crippen molar-refractivity contribution in [1.29, 1.82) is 0 Å². The highest BCUT2D eigenvalue weighted by Gasteiger charge is 2.09. The van der Waals surface area contributed by atoms with Gasteiger partial charge in [0, 0.05) is 39.1 Å². The monoisotopic (exact) mass is 321 g/mol. The highest BCUT2D eigenvalue weighted by atomic mass is 32.2. The lowest BCUT2D eigenvalue weighted by molar-refractivity contribution is 0.108. The van der Waals surface area contributed by atoms with E-state index in [2.05, 4.69) is 29.5 Å². The smallest absolute Gasteiger partial charge is 0.191 e. The zero-order chi connectivity index (χ0) is 16.3. The predicted molar refractivity (Wildman–Crippen MR) is 88.6 cm³/mol. The summed E-state index contributed by atoms with van der Waals surface area (Å²) >= 11 is 0. The standard InChI is InChI=1S/C14H31N3O3S/c1-12(2)11-20-9-6-8-16-14(15-4)17-13(3)7-10-21(5,18)19/h12-13H,6-11H2,1-5H3,(H2,15,16,17). The molecule has 2 N–H and O–H groups in total. The first-order valence-electron chi connectivity index (χ1n) is 7.47. The minimum Gasteiger partial charge on any atom is -0.381 e. The Morgan fingerprint density at radius 1 is 1.29 bits per heavy atom. The fourth-order valence-electron chi connectivity index (χ4n) is 1.59. The van der Waals surface area contributed by atoms with Gasteiger partial charge in [0.1, 0.15) is 9.84 Å². The number of aliphatic imine (C=N–C) groups is 1. The number of sulfone groups is 1. The van der Waals surface area contributed by atoms with E-state index in [4.69, 9.17) is 4.74 Å². The van der Waals surface area contributed by atoms with Gasteiger partial charge in [-0.2, -0.15) is 0 Å². The van der Waals surface area contributed by atoms with Crippen LogP contribution in [0.1, 0.15) is 33.6 Å². The van der Waals surface area contributed by atoms with Gasteiger partial charge in [-0.3, -0.25) is 4.99 Å². The van der Waals surface area contributed by atoms with Crippen LogP contribution in [-0.4, -0.2) is 59.2 Å². The molecule has 0 rings (SSSR count). The maximum Gasteiger partial charge on any atom is 0.191 e. The van der Waals surface area contributed by atoms with Crippen LogP contribution in [0.5, 0.6) is 0 Å². The molecule has 0 aromatic heterocycles. The van der Waals surface area contributed by atoms with Gasteiger partial charge in [-0.1, -0.05) is 13.8 Å². The second-order valence-corrected chi connectivity index (χ2v) is 8.04. The number of nitrogens with zero attached hydrogens (tertiary/aromatic N) is 1. The number of guanidine groups is 1. The molecule has 0 aromatic rings. The summed E-state index contributed by atoms with van der Waals surface area (Å²) < 4.78 is 27.7. The van der Waals surface area contributed by atoms with E-state index in [-0.39, 0.29) is 11.8 Å². The molecule has 0 aliphatic heterocycles. The average molecular weight is 321 g/mol. The van der Waals surface area contributed by atoms with Gasteiger partial charge in [-0.05, 0) is 25.7 Å². The Morgan fingerprint density at radius 2 is 1.95 bits per heavy atom. The van der Waals surface area contributed by atoms with Crippen LogP contribution in [0.4, 0.5) is 0 Å². The highest BCUT2D eigenvalue weighted by molar-refractivity contribution is 7.90. The predicted octanol–water partition coefficient (Wildman–Crippen LogP) is 1.04. The molecule has 6 nitrogen and oxygen atoms in total. The third-order valence-electron chi connectivity index (χ3n) is 2.74. The molecule has 0 bridgehead atoms. The number of rotatable bonds is 10. The minimum atomic E-state index is -2.91. The van der Waals surface area contributed by atoms with E-state index in [1.807, 2.05) is 6.92 Å². The molecule has 7 heteroatoms. The topological polar surface area (TPSA) is 79.8 Å². The molecule has 1 atom stereocenters. The van der Waals surface area contributed by atoms with Crippen molar-refractivity contribution < 1.29 is 13.2 Å². The SMILES string of the molecule is CN=C(NCCCOCC(C)C)NC(C)CCS(C)(=O)=O. The van der Waals surface area contributed by atoms with Gasteiger partial charge in [0.2, 0.25) is 0 Å². The molecule has 0 aromatic carbocycles. The van der Waals surface area contributed by atoms with Crippen LogP contribution in [0.15, 0.2) is 4.99 Å². The van der Waals surface area contributed by atoms with Gasteiger partial charge < -0.3 is 15.4 Å². The Bertz CT molecular complexity index is 394. The van der Waals surface area contributed by atoms with Crippen LogP contribution in [0.3, 0.4) is 0 Å². The van der Waals surface area contributed by atoms with Crippen molar-refractivity contribution in [2.24, 2.45) is 10.9 Å². The summed E-state index contributed by atoms with van der Waals surface area (Å²) in [6, 6.07) is 0.0584. The van der Waals surface area contributed by atoms with Gasteiger partial charge in [-0.15, -0.1) is 0 Å². The van der Waals surface area contributed by atoms with Gasteiger partial charge in [0.15, 0.2) is 5.96 Å². The van der Waals surface area contributed by atoms with Crippen molar-refractivity contribution in [3.8, 4) is 0 Å². The first kappa shape index (κ1) is 20.2. The number of hydrogen-bond donors (Lipinski definition) is 2. The van der Waals surface area contributed by atoms with Gasteiger partial charge in [-0.25, -0.2) is 8.42 Å². The lowest BCUT2D eigenvalue weighted by atomic mass is 10.2. The van der Waals surface area contributed by atoms with E-state index in [1.165, 1.54) is 6.26 Å². The number of hydrogen-bond acceptors (Lipinski definition) is 4. The van der Waals surface area contributed by atoms with Gasteiger partial charge in [0.25, 0.3) is 0 Å². The van der Waals surface area contributed by atoms with E-state index in [0.717, 1.165) is 26.2 Å². The highest BCUT2D eigenvalue weighted by Crippen LogP contribution is 1.96. The molecule has 0 fully saturated rings. The largest absolute Gasteiger partial charge is 0.381 e. The van der Waals surface area contributed by atoms with Crippen molar-refractivity contribution >= 4 is 15.8 Å². The second kappa shape index (κ2) is 10.8. The molecule has 0 heterocycles. The minimum absolute atomic E-state index is 0.0584. The van der Waals surface area contributed by atoms with Crippen molar-refractivity contribution in [2.45, 2.75) is 39.7 Å². The van der Waals surface area contributed by atoms with Crippen molar-refractivity contribution in [3.05, 3.63) is 0 Å². The zero-order valence-electron chi connectivity index (χ0n) is 14.0. The summed E-state index contributed by atoms with van der Waals surface area (Å²) in [7, 11) is -1.21. The number of ether oxygens (including phenoxy) is 1. The summed E-state index contributed by atoms with van der Waals surface area (Å²) in [6.45, 7) is 8.49. The molecule has 0 spiro atoms. The first-order valence-corrected chi connectivity index (χ1v) is 9.53. The Balaban J connectivity index is 3.81. The zero-order valence-corrected chi connectivity index (χ0v) is 14.8. The Labute approximate surface area is 129 Å². The summed E-state index contributed by atoms with van der Waals surface area (Å²) in [5.41, 5.74) is 0. The van der Waals surface area contributed by atoms with Gasteiger partial charge in [0.05, 0.1) is 5.75 Å². The summed E-state index contributed by atoms with van der Waals surface area (Å²) in [5.74, 6) is 1.43. The molecular weight excluding hydrogens is 290 g/mol. The lowest BCUT2D eigenvalue weighted by Crippen LogP contribution is -2.43. The van der Waals surface area contributed by atoms with Crippen molar-refractivity contribution in [2.75, 3.05) is 38.8 Å². The quantitative estimate of drug-likeness (QED) is 0.357. The van der Waals surface area contributed by atoms with Crippen LogP contribution in [0.2, 0.25) is 0 Å².